The third-order valence-electron chi connectivity index (χ3n) is 3.91. The SMILES string of the molecule is CC1(C)CCC(NCCc2cccnc2)CC1. The van der Waals surface area contributed by atoms with Crippen LogP contribution in [0.25, 0.3) is 0 Å². The van der Waals surface area contributed by atoms with E-state index in [1.165, 1.54) is 31.2 Å². The van der Waals surface area contributed by atoms with Gasteiger partial charge in [-0.05, 0) is 55.7 Å². The lowest BCUT2D eigenvalue weighted by Crippen LogP contribution is -2.36. The molecule has 0 amide bonds. The van der Waals surface area contributed by atoms with Crippen LogP contribution in [0.4, 0.5) is 0 Å². The quantitative estimate of drug-likeness (QED) is 0.862. The minimum atomic E-state index is 0.571. The van der Waals surface area contributed by atoms with Crippen LogP contribution in [0.5, 0.6) is 0 Å². The predicted molar refractivity (Wildman–Crippen MR) is 72.0 cm³/mol. The van der Waals surface area contributed by atoms with Crippen molar-refractivity contribution in [1.29, 1.82) is 0 Å². The monoisotopic (exact) mass is 232 g/mol. The van der Waals surface area contributed by atoms with E-state index in [2.05, 4.69) is 30.2 Å². The summed E-state index contributed by atoms with van der Waals surface area (Å²) in [4.78, 5) is 4.14. The molecule has 0 spiro atoms. The first-order valence-corrected chi connectivity index (χ1v) is 6.78. The molecule has 0 aromatic carbocycles. The smallest absolute Gasteiger partial charge is 0.0300 e. The summed E-state index contributed by atoms with van der Waals surface area (Å²) in [6, 6.07) is 4.90. The van der Waals surface area contributed by atoms with E-state index in [0.717, 1.165) is 19.0 Å². The summed E-state index contributed by atoms with van der Waals surface area (Å²) >= 11 is 0. The fourth-order valence-corrected chi connectivity index (χ4v) is 2.57. The zero-order chi connectivity index (χ0) is 12.1. The largest absolute Gasteiger partial charge is 0.314 e. The Balaban J connectivity index is 1.67. The predicted octanol–water partition coefficient (Wildman–Crippen LogP) is 3.18. The van der Waals surface area contributed by atoms with E-state index in [0.29, 0.717) is 5.41 Å². The number of aromatic nitrogens is 1. The molecule has 0 atom stereocenters. The van der Waals surface area contributed by atoms with Crippen LogP contribution in [0.2, 0.25) is 0 Å². The zero-order valence-electron chi connectivity index (χ0n) is 11.1. The van der Waals surface area contributed by atoms with Gasteiger partial charge >= 0.3 is 0 Å². The summed E-state index contributed by atoms with van der Waals surface area (Å²) in [6.07, 6.45) is 10.3. The average molecular weight is 232 g/mol. The number of rotatable bonds is 4. The summed E-state index contributed by atoms with van der Waals surface area (Å²) in [5.41, 5.74) is 1.90. The van der Waals surface area contributed by atoms with Crippen molar-refractivity contribution in [2.24, 2.45) is 5.41 Å². The van der Waals surface area contributed by atoms with Gasteiger partial charge in [-0.3, -0.25) is 4.98 Å². The number of nitrogens with one attached hydrogen (secondary N) is 1. The molecule has 0 unspecified atom stereocenters. The Morgan fingerprint density at radius 3 is 2.76 bits per heavy atom. The maximum absolute atomic E-state index is 4.14. The van der Waals surface area contributed by atoms with Crippen LogP contribution < -0.4 is 5.32 Å². The van der Waals surface area contributed by atoms with Crippen molar-refractivity contribution >= 4 is 0 Å². The van der Waals surface area contributed by atoms with Crippen LogP contribution in [0.1, 0.15) is 45.1 Å². The molecular formula is C15H24N2. The van der Waals surface area contributed by atoms with Gasteiger partial charge in [-0.15, -0.1) is 0 Å². The molecule has 2 nitrogen and oxygen atoms in total. The lowest BCUT2D eigenvalue weighted by Gasteiger charge is -2.34. The normalized spacial score (nSPS) is 20.4. The molecule has 0 bridgehead atoms. The van der Waals surface area contributed by atoms with Gasteiger partial charge < -0.3 is 5.32 Å². The average Bonchev–Trinajstić information content (AvgIpc) is 2.33. The summed E-state index contributed by atoms with van der Waals surface area (Å²) in [6.45, 7) is 5.86. The van der Waals surface area contributed by atoms with Crippen LogP contribution in [0, 0.1) is 5.41 Å². The Kier molecular flexibility index (Phi) is 4.16. The third kappa shape index (κ3) is 4.12. The molecule has 1 aromatic rings. The highest BCUT2D eigenvalue weighted by atomic mass is 14.9. The van der Waals surface area contributed by atoms with E-state index in [-0.39, 0.29) is 0 Å². The summed E-state index contributed by atoms with van der Waals surface area (Å²) in [5.74, 6) is 0. The van der Waals surface area contributed by atoms with E-state index in [4.69, 9.17) is 0 Å². The van der Waals surface area contributed by atoms with Crippen LogP contribution in [0.3, 0.4) is 0 Å². The van der Waals surface area contributed by atoms with Gasteiger partial charge in [-0.1, -0.05) is 19.9 Å². The molecule has 2 rings (SSSR count). The number of hydrogen-bond donors (Lipinski definition) is 1. The minimum Gasteiger partial charge on any atom is -0.314 e. The van der Waals surface area contributed by atoms with Gasteiger partial charge in [-0.2, -0.15) is 0 Å². The second-order valence-corrected chi connectivity index (χ2v) is 6.00. The Hall–Kier alpha value is -0.890. The number of nitrogens with zero attached hydrogens (tertiary/aromatic N) is 1. The molecule has 1 aliphatic carbocycles. The molecule has 0 radical (unpaired) electrons. The second kappa shape index (κ2) is 5.63. The Morgan fingerprint density at radius 2 is 2.12 bits per heavy atom. The van der Waals surface area contributed by atoms with Gasteiger partial charge in [-0.25, -0.2) is 0 Å². The molecule has 1 heterocycles. The number of pyridine rings is 1. The topological polar surface area (TPSA) is 24.9 Å². The summed E-state index contributed by atoms with van der Waals surface area (Å²) in [5, 5.41) is 3.68. The molecule has 17 heavy (non-hydrogen) atoms. The molecule has 1 aliphatic rings. The minimum absolute atomic E-state index is 0.571. The third-order valence-corrected chi connectivity index (χ3v) is 3.91. The van der Waals surface area contributed by atoms with Gasteiger partial charge in [0.05, 0.1) is 0 Å². The molecule has 0 saturated heterocycles. The van der Waals surface area contributed by atoms with Gasteiger partial charge in [0.15, 0.2) is 0 Å². The fraction of sp³-hybridized carbons (Fsp3) is 0.667. The molecule has 2 heteroatoms. The van der Waals surface area contributed by atoms with Crippen molar-refractivity contribution in [3.63, 3.8) is 0 Å². The van der Waals surface area contributed by atoms with Crippen LogP contribution in [-0.4, -0.2) is 17.6 Å². The van der Waals surface area contributed by atoms with Crippen molar-refractivity contribution in [2.75, 3.05) is 6.54 Å². The van der Waals surface area contributed by atoms with Crippen molar-refractivity contribution < 1.29 is 0 Å². The highest BCUT2D eigenvalue weighted by molar-refractivity contribution is 5.08. The fourth-order valence-electron chi connectivity index (χ4n) is 2.57. The van der Waals surface area contributed by atoms with Gasteiger partial charge in [0, 0.05) is 18.4 Å². The lowest BCUT2D eigenvalue weighted by molar-refractivity contribution is 0.207. The van der Waals surface area contributed by atoms with Gasteiger partial charge in [0.25, 0.3) is 0 Å². The molecular weight excluding hydrogens is 208 g/mol. The van der Waals surface area contributed by atoms with Crippen molar-refractivity contribution in [2.45, 2.75) is 52.0 Å². The Morgan fingerprint density at radius 1 is 1.35 bits per heavy atom. The summed E-state index contributed by atoms with van der Waals surface area (Å²) in [7, 11) is 0. The van der Waals surface area contributed by atoms with Crippen molar-refractivity contribution in [3.05, 3.63) is 30.1 Å². The Labute approximate surface area is 105 Å². The highest BCUT2D eigenvalue weighted by Gasteiger charge is 2.26. The first kappa shape index (κ1) is 12.6. The first-order chi connectivity index (χ1) is 8.16. The maximum atomic E-state index is 4.14. The molecule has 0 aliphatic heterocycles. The van der Waals surface area contributed by atoms with Gasteiger partial charge in [0.2, 0.25) is 0 Å². The number of hydrogen-bond acceptors (Lipinski definition) is 2. The lowest BCUT2D eigenvalue weighted by atomic mass is 9.75. The zero-order valence-corrected chi connectivity index (χ0v) is 11.1. The van der Waals surface area contributed by atoms with E-state index >= 15 is 0 Å². The van der Waals surface area contributed by atoms with E-state index in [1.807, 2.05) is 18.5 Å². The molecule has 1 N–H and O–H groups in total. The van der Waals surface area contributed by atoms with Crippen molar-refractivity contribution in [3.8, 4) is 0 Å². The maximum Gasteiger partial charge on any atom is 0.0300 e. The molecule has 1 aromatic heterocycles. The Bertz CT molecular complexity index is 322. The van der Waals surface area contributed by atoms with E-state index in [9.17, 15) is 0 Å². The van der Waals surface area contributed by atoms with Crippen LogP contribution in [-0.2, 0) is 6.42 Å². The second-order valence-electron chi connectivity index (χ2n) is 6.00. The van der Waals surface area contributed by atoms with Crippen molar-refractivity contribution in [1.82, 2.24) is 10.3 Å². The van der Waals surface area contributed by atoms with Crippen LogP contribution in [0.15, 0.2) is 24.5 Å². The molecule has 1 fully saturated rings. The molecule has 1 saturated carbocycles. The standard InChI is InChI=1S/C15H24N2/c1-15(2)8-5-14(6-9-15)17-11-7-13-4-3-10-16-12-13/h3-4,10,12,14,17H,5-9,11H2,1-2H3. The van der Waals surface area contributed by atoms with E-state index < -0.39 is 0 Å². The molecule has 94 valence electrons. The highest BCUT2D eigenvalue weighted by Crippen LogP contribution is 2.34. The first-order valence-electron chi connectivity index (χ1n) is 6.78. The van der Waals surface area contributed by atoms with Gasteiger partial charge in [0.1, 0.15) is 0 Å². The van der Waals surface area contributed by atoms with Crippen LogP contribution >= 0.6 is 0 Å². The van der Waals surface area contributed by atoms with E-state index in [1.54, 1.807) is 0 Å². The summed E-state index contributed by atoms with van der Waals surface area (Å²) < 4.78 is 0.